The van der Waals surface area contributed by atoms with Gasteiger partial charge in [0.05, 0.1) is 4.92 Å². The molecule has 1 saturated heterocycles. The van der Waals surface area contributed by atoms with E-state index in [-0.39, 0.29) is 10.6 Å². The molecule has 0 bridgehead atoms. The molecule has 0 spiro atoms. The molecule has 0 aliphatic carbocycles. The van der Waals surface area contributed by atoms with Crippen molar-refractivity contribution in [3.63, 3.8) is 0 Å². The van der Waals surface area contributed by atoms with Crippen molar-refractivity contribution in [2.75, 3.05) is 18.0 Å². The van der Waals surface area contributed by atoms with Crippen molar-refractivity contribution < 1.29 is 4.92 Å². The number of anilines is 1. The van der Waals surface area contributed by atoms with Crippen LogP contribution in [0.5, 0.6) is 0 Å². The first-order chi connectivity index (χ1) is 8.47. The van der Waals surface area contributed by atoms with E-state index in [1.165, 1.54) is 6.07 Å². The lowest BCUT2D eigenvalue weighted by Crippen LogP contribution is -2.41. The first-order valence-electron chi connectivity index (χ1n) is 5.67. The highest BCUT2D eigenvalue weighted by molar-refractivity contribution is 9.10. The summed E-state index contributed by atoms with van der Waals surface area (Å²) in [4.78, 5) is 17.0. The monoisotopic (exact) mass is 331 g/mol. The van der Waals surface area contributed by atoms with Gasteiger partial charge in [0, 0.05) is 40.3 Å². The maximum absolute atomic E-state index is 11.1. The van der Waals surface area contributed by atoms with Crippen LogP contribution < -0.4 is 4.90 Å². The van der Waals surface area contributed by atoms with Crippen LogP contribution in [0.2, 0.25) is 0 Å². The van der Waals surface area contributed by atoms with Gasteiger partial charge in [0.25, 0.3) is 0 Å². The van der Waals surface area contributed by atoms with Crippen LogP contribution in [0.1, 0.15) is 13.8 Å². The van der Waals surface area contributed by atoms with Crippen molar-refractivity contribution >= 4 is 39.2 Å². The molecular formula is C11H14BrN3O2S. The van der Waals surface area contributed by atoms with Gasteiger partial charge in [-0.25, -0.2) is 4.98 Å². The Bertz CT molecular complexity index is 462. The average molecular weight is 332 g/mol. The van der Waals surface area contributed by atoms with Gasteiger partial charge in [-0.2, -0.15) is 11.8 Å². The molecule has 0 N–H and O–H groups in total. The van der Waals surface area contributed by atoms with Crippen LogP contribution in [0.4, 0.5) is 11.5 Å². The fraction of sp³-hybridized carbons (Fsp3) is 0.545. The van der Waals surface area contributed by atoms with Crippen LogP contribution in [0.25, 0.3) is 0 Å². The van der Waals surface area contributed by atoms with Gasteiger partial charge >= 0.3 is 5.69 Å². The van der Waals surface area contributed by atoms with Gasteiger partial charge in [-0.05, 0) is 15.9 Å². The number of pyridine rings is 1. The second-order valence-electron chi connectivity index (χ2n) is 4.42. The van der Waals surface area contributed by atoms with Crippen molar-refractivity contribution in [1.29, 1.82) is 0 Å². The Morgan fingerprint density at radius 2 is 2.11 bits per heavy atom. The zero-order valence-electron chi connectivity index (χ0n) is 10.2. The number of thioether (sulfide) groups is 1. The van der Waals surface area contributed by atoms with Gasteiger partial charge in [-0.1, -0.05) is 13.8 Å². The van der Waals surface area contributed by atoms with E-state index in [0.717, 1.165) is 13.1 Å². The van der Waals surface area contributed by atoms with Crippen LogP contribution >= 0.6 is 27.7 Å². The lowest BCUT2D eigenvalue weighted by atomic mass is 10.3. The van der Waals surface area contributed by atoms with E-state index in [2.05, 4.69) is 34.8 Å². The number of hydrogen-bond acceptors (Lipinski definition) is 5. The molecule has 1 fully saturated rings. The SMILES string of the molecule is CC1CN(c2ncc(Br)cc2[N+](=O)[O-])CC(C)S1. The highest BCUT2D eigenvalue weighted by Gasteiger charge is 2.28. The molecule has 0 radical (unpaired) electrons. The Morgan fingerprint density at radius 3 is 2.67 bits per heavy atom. The van der Waals surface area contributed by atoms with E-state index in [1.54, 1.807) is 6.20 Å². The van der Waals surface area contributed by atoms with Crippen molar-refractivity contribution in [3.8, 4) is 0 Å². The van der Waals surface area contributed by atoms with Gasteiger partial charge < -0.3 is 4.90 Å². The van der Waals surface area contributed by atoms with Crippen molar-refractivity contribution in [2.24, 2.45) is 0 Å². The third-order valence-corrected chi connectivity index (χ3v) is 4.39. The summed E-state index contributed by atoms with van der Waals surface area (Å²) < 4.78 is 0.630. The van der Waals surface area contributed by atoms with Gasteiger partial charge in [-0.3, -0.25) is 10.1 Å². The summed E-state index contributed by atoms with van der Waals surface area (Å²) in [6.07, 6.45) is 1.61. The molecule has 2 heterocycles. The van der Waals surface area contributed by atoms with E-state index >= 15 is 0 Å². The predicted molar refractivity (Wildman–Crippen MR) is 77.3 cm³/mol. The molecule has 2 unspecified atom stereocenters. The summed E-state index contributed by atoms with van der Waals surface area (Å²) in [6.45, 7) is 5.87. The Hall–Kier alpha value is -0.820. The predicted octanol–water partition coefficient (Wildman–Crippen LogP) is 3.08. The number of hydrogen-bond donors (Lipinski definition) is 0. The van der Waals surface area contributed by atoms with Crippen LogP contribution in [0.3, 0.4) is 0 Å². The van der Waals surface area contributed by atoms with Crippen molar-refractivity contribution in [1.82, 2.24) is 4.98 Å². The van der Waals surface area contributed by atoms with Crippen molar-refractivity contribution in [2.45, 2.75) is 24.3 Å². The molecule has 1 aromatic heterocycles. The van der Waals surface area contributed by atoms with E-state index in [0.29, 0.717) is 20.8 Å². The summed E-state index contributed by atoms with van der Waals surface area (Å²) in [5, 5.41) is 12.0. The molecule has 0 amide bonds. The largest absolute Gasteiger partial charge is 0.349 e. The van der Waals surface area contributed by atoms with Crippen LogP contribution in [-0.2, 0) is 0 Å². The minimum absolute atomic E-state index is 0.0654. The first-order valence-corrected chi connectivity index (χ1v) is 7.41. The molecule has 0 saturated carbocycles. The molecule has 0 aromatic carbocycles. The average Bonchev–Trinajstić information content (AvgIpc) is 2.27. The number of aromatic nitrogens is 1. The van der Waals surface area contributed by atoms with Gasteiger partial charge in [0.2, 0.25) is 5.82 Å². The summed E-state index contributed by atoms with van der Waals surface area (Å²) in [5.41, 5.74) is 0.0654. The zero-order valence-corrected chi connectivity index (χ0v) is 12.6. The third kappa shape index (κ3) is 2.95. The minimum atomic E-state index is -0.371. The van der Waals surface area contributed by atoms with Gasteiger partial charge in [0.1, 0.15) is 0 Å². The Labute approximate surface area is 118 Å². The quantitative estimate of drug-likeness (QED) is 0.615. The fourth-order valence-corrected chi connectivity index (χ4v) is 3.79. The third-order valence-electron chi connectivity index (χ3n) is 2.73. The van der Waals surface area contributed by atoms with E-state index in [9.17, 15) is 10.1 Å². The molecule has 1 aromatic rings. The van der Waals surface area contributed by atoms with E-state index in [4.69, 9.17) is 0 Å². The number of nitrogens with zero attached hydrogens (tertiary/aromatic N) is 3. The van der Waals surface area contributed by atoms with E-state index < -0.39 is 0 Å². The highest BCUT2D eigenvalue weighted by atomic mass is 79.9. The molecule has 2 atom stereocenters. The van der Waals surface area contributed by atoms with Crippen LogP contribution in [0, 0.1) is 10.1 Å². The second-order valence-corrected chi connectivity index (χ2v) is 7.21. The molecular weight excluding hydrogens is 318 g/mol. The maximum atomic E-state index is 11.1. The number of rotatable bonds is 2. The molecule has 98 valence electrons. The van der Waals surface area contributed by atoms with Gasteiger partial charge in [0.15, 0.2) is 0 Å². The normalized spacial score (nSPS) is 24.1. The second kappa shape index (κ2) is 5.44. The molecule has 1 aliphatic rings. The molecule has 5 nitrogen and oxygen atoms in total. The molecule has 7 heteroatoms. The minimum Gasteiger partial charge on any atom is -0.349 e. The lowest BCUT2D eigenvalue weighted by molar-refractivity contribution is -0.384. The summed E-state index contributed by atoms with van der Waals surface area (Å²) in [5.74, 6) is 0.474. The summed E-state index contributed by atoms with van der Waals surface area (Å²) >= 11 is 5.13. The topological polar surface area (TPSA) is 59.3 Å². The fourth-order valence-electron chi connectivity index (χ4n) is 2.15. The van der Waals surface area contributed by atoms with Crippen LogP contribution in [-0.4, -0.2) is 33.5 Å². The van der Waals surface area contributed by atoms with Gasteiger partial charge in [-0.15, -0.1) is 0 Å². The highest BCUT2D eigenvalue weighted by Crippen LogP contribution is 2.33. The van der Waals surface area contributed by atoms with Crippen LogP contribution in [0.15, 0.2) is 16.7 Å². The molecule has 18 heavy (non-hydrogen) atoms. The maximum Gasteiger partial charge on any atom is 0.312 e. The summed E-state index contributed by atoms with van der Waals surface area (Å²) in [7, 11) is 0. The Kier molecular flexibility index (Phi) is 4.11. The lowest BCUT2D eigenvalue weighted by Gasteiger charge is -2.34. The first kappa shape index (κ1) is 13.6. The molecule has 1 aliphatic heterocycles. The Morgan fingerprint density at radius 1 is 1.50 bits per heavy atom. The number of nitro groups is 1. The number of halogens is 1. The standard InChI is InChI=1S/C11H14BrN3O2S/c1-7-5-14(6-8(2)18-7)11-10(15(16)17)3-9(12)4-13-11/h3-4,7-8H,5-6H2,1-2H3. The van der Waals surface area contributed by atoms with E-state index in [1.807, 2.05) is 16.7 Å². The van der Waals surface area contributed by atoms with Crippen molar-refractivity contribution in [3.05, 3.63) is 26.9 Å². The zero-order chi connectivity index (χ0) is 13.3. The summed E-state index contributed by atoms with van der Waals surface area (Å²) in [6, 6.07) is 1.51. The smallest absolute Gasteiger partial charge is 0.312 e. The Balaban J connectivity index is 2.35. The molecule has 2 rings (SSSR count).